The molecule has 0 bridgehead atoms. The third kappa shape index (κ3) is 3.41. The predicted molar refractivity (Wildman–Crippen MR) is 80.8 cm³/mol. The molecule has 116 valence electrons. The quantitative estimate of drug-likeness (QED) is 0.837. The van der Waals surface area contributed by atoms with Crippen molar-refractivity contribution in [1.29, 1.82) is 0 Å². The maximum absolute atomic E-state index is 12.0. The molecule has 2 rings (SSSR count). The number of ketones is 1. The van der Waals surface area contributed by atoms with Crippen LogP contribution in [0.4, 0.5) is 5.82 Å². The Kier molecular flexibility index (Phi) is 4.63. The van der Waals surface area contributed by atoms with E-state index in [1.807, 2.05) is 11.9 Å². The summed E-state index contributed by atoms with van der Waals surface area (Å²) >= 11 is 0. The van der Waals surface area contributed by atoms with Crippen LogP contribution in [-0.2, 0) is 14.8 Å². The van der Waals surface area contributed by atoms with Crippen molar-refractivity contribution < 1.29 is 13.2 Å². The van der Waals surface area contributed by atoms with Crippen molar-refractivity contribution in [1.82, 2.24) is 9.29 Å². The summed E-state index contributed by atoms with van der Waals surface area (Å²) in [6, 6.07) is 3.57. The number of Topliss-reactive ketones (excluding diaryl/α,β-unsaturated/α-hetero) is 1. The minimum atomic E-state index is -3.44. The van der Waals surface area contributed by atoms with Gasteiger partial charge in [-0.3, -0.25) is 4.79 Å². The molecule has 21 heavy (non-hydrogen) atoms. The van der Waals surface area contributed by atoms with Crippen LogP contribution in [0.2, 0.25) is 0 Å². The molecule has 1 saturated carbocycles. The van der Waals surface area contributed by atoms with E-state index in [1.165, 1.54) is 24.6 Å². The molecule has 0 aromatic carbocycles. The van der Waals surface area contributed by atoms with Crippen LogP contribution >= 0.6 is 0 Å². The highest BCUT2D eigenvalue weighted by Crippen LogP contribution is 2.24. The van der Waals surface area contributed by atoms with Crippen molar-refractivity contribution in [2.75, 3.05) is 26.0 Å². The van der Waals surface area contributed by atoms with E-state index in [9.17, 15) is 13.2 Å². The molecule has 1 heterocycles. The van der Waals surface area contributed by atoms with Crippen molar-refractivity contribution in [3.8, 4) is 0 Å². The zero-order chi connectivity index (χ0) is 15.6. The van der Waals surface area contributed by atoms with E-state index in [0.29, 0.717) is 18.6 Å². The summed E-state index contributed by atoms with van der Waals surface area (Å²) in [6.07, 6.45) is 4.27. The second-order valence-corrected chi connectivity index (χ2v) is 7.67. The van der Waals surface area contributed by atoms with Crippen molar-refractivity contribution >= 4 is 21.6 Å². The molecule has 1 aromatic heterocycles. The number of carbonyl (C=O) groups is 1. The summed E-state index contributed by atoms with van der Waals surface area (Å²) in [4.78, 5) is 17.7. The first-order valence-electron chi connectivity index (χ1n) is 6.95. The molecule has 0 radical (unpaired) electrons. The lowest BCUT2D eigenvalue weighted by Crippen LogP contribution is -2.35. The van der Waals surface area contributed by atoms with Gasteiger partial charge in [0, 0.05) is 46.2 Å². The van der Waals surface area contributed by atoms with Crippen LogP contribution in [0.25, 0.3) is 0 Å². The lowest BCUT2D eigenvalue weighted by Gasteiger charge is -2.31. The van der Waals surface area contributed by atoms with Gasteiger partial charge in [-0.2, -0.15) is 0 Å². The highest BCUT2D eigenvalue weighted by Gasteiger charge is 2.24. The van der Waals surface area contributed by atoms with E-state index in [1.54, 1.807) is 12.1 Å². The van der Waals surface area contributed by atoms with Crippen LogP contribution in [0.15, 0.2) is 23.2 Å². The van der Waals surface area contributed by atoms with Gasteiger partial charge in [0.2, 0.25) is 10.0 Å². The largest absolute Gasteiger partial charge is 0.357 e. The number of aromatic nitrogens is 1. The summed E-state index contributed by atoms with van der Waals surface area (Å²) in [5.41, 5.74) is 0. The molecule has 0 amide bonds. The first-order valence-corrected chi connectivity index (χ1v) is 8.39. The van der Waals surface area contributed by atoms with Gasteiger partial charge in [0.05, 0.1) is 0 Å². The average molecular weight is 311 g/mol. The zero-order valence-corrected chi connectivity index (χ0v) is 13.4. The van der Waals surface area contributed by atoms with Gasteiger partial charge < -0.3 is 4.90 Å². The molecule has 0 aliphatic heterocycles. The van der Waals surface area contributed by atoms with Gasteiger partial charge in [0.15, 0.2) is 0 Å². The highest BCUT2D eigenvalue weighted by molar-refractivity contribution is 7.89. The van der Waals surface area contributed by atoms with Gasteiger partial charge in [-0.15, -0.1) is 0 Å². The van der Waals surface area contributed by atoms with Crippen LogP contribution in [0, 0.1) is 0 Å². The lowest BCUT2D eigenvalue weighted by molar-refractivity contribution is -0.120. The van der Waals surface area contributed by atoms with E-state index < -0.39 is 10.0 Å². The molecular weight excluding hydrogens is 290 g/mol. The molecule has 6 nitrogen and oxygen atoms in total. The van der Waals surface area contributed by atoms with Crippen molar-refractivity contribution in [3.05, 3.63) is 18.3 Å². The first kappa shape index (κ1) is 15.9. The van der Waals surface area contributed by atoms with E-state index in [0.717, 1.165) is 18.7 Å². The molecule has 1 aliphatic rings. The number of nitrogens with zero attached hydrogens (tertiary/aromatic N) is 3. The Bertz CT molecular complexity index is 601. The lowest BCUT2D eigenvalue weighted by atomic mass is 9.93. The van der Waals surface area contributed by atoms with Gasteiger partial charge in [-0.1, -0.05) is 0 Å². The Hall–Kier alpha value is -1.47. The summed E-state index contributed by atoms with van der Waals surface area (Å²) in [6.45, 7) is 0. The van der Waals surface area contributed by atoms with Gasteiger partial charge in [-0.05, 0) is 25.0 Å². The Labute approximate surface area is 125 Å². The number of sulfonamides is 1. The second kappa shape index (κ2) is 6.11. The normalized spacial score (nSPS) is 17.2. The van der Waals surface area contributed by atoms with E-state index in [4.69, 9.17) is 0 Å². The molecule has 7 heteroatoms. The third-order valence-corrected chi connectivity index (χ3v) is 5.72. The zero-order valence-electron chi connectivity index (χ0n) is 12.6. The number of rotatable bonds is 4. The summed E-state index contributed by atoms with van der Waals surface area (Å²) < 4.78 is 25.1. The summed E-state index contributed by atoms with van der Waals surface area (Å²) in [5.74, 6) is 1.05. The molecule has 1 aromatic rings. The number of carbonyl (C=O) groups excluding carboxylic acids is 1. The number of pyridine rings is 1. The molecule has 0 spiro atoms. The molecular formula is C14H21N3O3S. The molecule has 1 aliphatic carbocycles. The Morgan fingerprint density at radius 2 is 1.76 bits per heavy atom. The fraction of sp³-hybridized carbons (Fsp3) is 0.571. The first-order chi connectivity index (χ1) is 9.82. The Morgan fingerprint density at radius 1 is 1.14 bits per heavy atom. The maximum atomic E-state index is 12.0. The number of hydrogen-bond acceptors (Lipinski definition) is 5. The van der Waals surface area contributed by atoms with Crippen LogP contribution < -0.4 is 4.90 Å². The molecule has 0 atom stereocenters. The minimum absolute atomic E-state index is 0.184. The molecule has 0 saturated heterocycles. The fourth-order valence-corrected chi connectivity index (χ4v) is 3.29. The van der Waals surface area contributed by atoms with Crippen molar-refractivity contribution in [3.63, 3.8) is 0 Å². The second-order valence-electron chi connectivity index (χ2n) is 5.52. The molecule has 1 fully saturated rings. The Balaban J connectivity index is 2.14. The van der Waals surface area contributed by atoms with Crippen molar-refractivity contribution in [2.45, 2.75) is 36.6 Å². The van der Waals surface area contributed by atoms with Gasteiger partial charge >= 0.3 is 0 Å². The minimum Gasteiger partial charge on any atom is -0.357 e. The predicted octanol–water partition coefficient (Wildman–Crippen LogP) is 1.28. The molecule has 0 unspecified atom stereocenters. The van der Waals surface area contributed by atoms with E-state index in [2.05, 4.69) is 4.98 Å². The van der Waals surface area contributed by atoms with Crippen molar-refractivity contribution in [2.24, 2.45) is 0 Å². The smallest absolute Gasteiger partial charge is 0.244 e. The van der Waals surface area contributed by atoms with Crippen LogP contribution in [0.5, 0.6) is 0 Å². The molecule has 0 N–H and O–H groups in total. The van der Waals surface area contributed by atoms with E-state index >= 15 is 0 Å². The van der Waals surface area contributed by atoms with Crippen LogP contribution in [-0.4, -0.2) is 50.7 Å². The topological polar surface area (TPSA) is 70.6 Å². The van der Waals surface area contributed by atoms with Gasteiger partial charge in [0.1, 0.15) is 16.5 Å². The standard InChI is InChI=1S/C14H21N3O3S/c1-16(2)21(19,20)13-8-9-14(15-10-13)17(3)11-4-6-12(18)7-5-11/h8-11H,4-7H2,1-3H3. The summed E-state index contributed by atoms with van der Waals surface area (Å²) in [7, 11) is 1.48. The van der Waals surface area contributed by atoms with E-state index in [-0.39, 0.29) is 10.9 Å². The third-order valence-electron chi connectivity index (χ3n) is 3.92. The Morgan fingerprint density at radius 3 is 2.24 bits per heavy atom. The van der Waals surface area contributed by atoms with Crippen LogP contribution in [0.1, 0.15) is 25.7 Å². The number of hydrogen-bond donors (Lipinski definition) is 0. The fourth-order valence-electron chi connectivity index (χ4n) is 2.44. The van der Waals surface area contributed by atoms with Gasteiger partial charge in [0.25, 0.3) is 0 Å². The maximum Gasteiger partial charge on any atom is 0.244 e. The average Bonchev–Trinajstić information content (AvgIpc) is 2.47. The SMILES string of the molecule is CN(c1ccc(S(=O)(=O)N(C)C)cn1)C1CCC(=O)CC1. The van der Waals surface area contributed by atoms with Gasteiger partial charge in [-0.25, -0.2) is 17.7 Å². The summed E-state index contributed by atoms with van der Waals surface area (Å²) in [5, 5.41) is 0. The number of anilines is 1. The van der Waals surface area contributed by atoms with Crippen LogP contribution in [0.3, 0.4) is 0 Å². The monoisotopic (exact) mass is 311 g/mol. The highest BCUT2D eigenvalue weighted by atomic mass is 32.2.